The van der Waals surface area contributed by atoms with Gasteiger partial charge in [-0.25, -0.2) is 0 Å². The highest BCUT2D eigenvalue weighted by atomic mass is 14.2. The summed E-state index contributed by atoms with van der Waals surface area (Å²) in [7, 11) is 0. The van der Waals surface area contributed by atoms with Crippen LogP contribution in [0.15, 0.2) is 0 Å². The molecular formula is C4H6N+. The normalized spacial score (nSPS) is 6.20. The molecular weight excluding hydrogens is 62.1 g/mol. The molecule has 0 aliphatic rings. The van der Waals surface area contributed by atoms with Gasteiger partial charge in [0.05, 0.1) is 25.8 Å². The SMILES string of the molecule is [CH2+]CCC#N. The third-order valence-corrected chi connectivity index (χ3v) is 0.289. The molecule has 0 aromatic rings. The number of unbranched alkanes of at least 4 members (excludes halogenated alkanes) is 1. The first-order chi connectivity index (χ1) is 2.41. The van der Waals surface area contributed by atoms with Gasteiger partial charge in [0.25, 0.3) is 0 Å². The molecule has 0 saturated carbocycles. The lowest BCUT2D eigenvalue weighted by atomic mass is 10.4. The summed E-state index contributed by atoms with van der Waals surface area (Å²) in [5.41, 5.74) is 0. The zero-order valence-corrected chi connectivity index (χ0v) is 3.07. The highest BCUT2D eigenvalue weighted by molar-refractivity contribution is 4.67. The second-order valence-electron chi connectivity index (χ2n) is 0.762. The first kappa shape index (κ1) is 4.36. The summed E-state index contributed by atoms with van der Waals surface area (Å²) in [5, 5.41) is 7.78. The summed E-state index contributed by atoms with van der Waals surface area (Å²) in [4.78, 5) is 0. The van der Waals surface area contributed by atoms with Crippen LogP contribution in [0.5, 0.6) is 0 Å². The van der Waals surface area contributed by atoms with Crippen LogP contribution in [0.1, 0.15) is 12.8 Å². The number of nitrogens with zero attached hydrogens (tertiary/aromatic N) is 1. The van der Waals surface area contributed by atoms with E-state index in [0.29, 0.717) is 6.42 Å². The maximum absolute atomic E-state index is 7.78. The minimum absolute atomic E-state index is 0.583. The molecule has 0 rings (SSSR count). The molecule has 1 heteroatoms. The molecule has 0 N–H and O–H groups in total. The van der Waals surface area contributed by atoms with E-state index in [2.05, 4.69) is 6.92 Å². The fourth-order valence-corrected chi connectivity index (χ4v) is 0.0791. The second kappa shape index (κ2) is 3.36. The first-order valence-electron chi connectivity index (χ1n) is 1.58. The predicted molar refractivity (Wildman–Crippen MR) is 20.2 cm³/mol. The first-order valence-corrected chi connectivity index (χ1v) is 1.58. The molecule has 0 aromatic carbocycles. The van der Waals surface area contributed by atoms with E-state index in [1.165, 1.54) is 0 Å². The van der Waals surface area contributed by atoms with Gasteiger partial charge in [0.15, 0.2) is 0 Å². The minimum atomic E-state index is 0.583. The van der Waals surface area contributed by atoms with Crippen molar-refractivity contribution in [3.63, 3.8) is 0 Å². The molecule has 0 aromatic heterocycles. The quantitative estimate of drug-likeness (QED) is 0.422. The summed E-state index contributed by atoms with van der Waals surface area (Å²) in [6.45, 7) is 3.45. The van der Waals surface area contributed by atoms with Gasteiger partial charge in [-0.3, -0.25) is 0 Å². The van der Waals surface area contributed by atoms with Gasteiger partial charge in [-0.1, -0.05) is 0 Å². The molecule has 0 saturated heterocycles. The molecule has 0 heterocycles. The fraction of sp³-hybridized carbons (Fsp3) is 0.500. The third kappa shape index (κ3) is 3.36. The van der Waals surface area contributed by atoms with Gasteiger partial charge in [-0.2, -0.15) is 5.26 Å². The lowest BCUT2D eigenvalue weighted by Crippen LogP contribution is -1.54. The van der Waals surface area contributed by atoms with Crippen molar-refractivity contribution in [2.75, 3.05) is 0 Å². The van der Waals surface area contributed by atoms with E-state index < -0.39 is 0 Å². The van der Waals surface area contributed by atoms with E-state index in [-0.39, 0.29) is 0 Å². The van der Waals surface area contributed by atoms with Crippen molar-refractivity contribution in [2.24, 2.45) is 0 Å². The van der Waals surface area contributed by atoms with E-state index >= 15 is 0 Å². The van der Waals surface area contributed by atoms with Crippen LogP contribution in [0.3, 0.4) is 0 Å². The van der Waals surface area contributed by atoms with Crippen LogP contribution >= 0.6 is 0 Å². The van der Waals surface area contributed by atoms with Crippen LogP contribution in [0.2, 0.25) is 0 Å². The smallest absolute Gasteiger partial charge is 0.0980 e. The Bertz CT molecular complexity index is 42.1. The van der Waals surface area contributed by atoms with Gasteiger partial charge in [0.1, 0.15) is 0 Å². The lowest BCUT2D eigenvalue weighted by molar-refractivity contribution is 1.06. The van der Waals surface area contributed by atoms with Gasteiger partial charge < -0.3 is 0 Å². The van der Waals surface area contributed by atoms with E-state index in [1.54, 1.807) is 0 Å². The van der Waals surface area contributed by atoms with E-state index in [4.69, 9.17) is 5.26 Å². The van der Waals surface area contributed by atoms with Crippen LogP contribution in [0.25, 0.3) is 0 Å². The summed E-state index contributed by atoms with van der Waals surface area (Å²) < 4.78 is 0. The Morgan fingerprint density at radius 2 is 2.40 bits per heavy atom. The highest BCUT2D eigenvalue weighted by Crippen LogP contribution is 1.76. The van der Waals surface area contributed by atoms with E-state index in [9.17, 15) is 0 Å². The molecule has 0 radical (unpaired) electrons. The molecule has 0 amide bonds. The summed E-state index contributed by atoms with van der Waals surface area (Å²) in [6, 6.07) is 1.95. The molecule has 0 atom stereocenters. The Balaban J connectivity index is 2.48. The van der Waals surface area contributed by atoms with Crippen LogP contribution in [0, 0.1) is 18.3 Å². The van der Waals surface area contributed by atoms with Crippen LogP contribution in [-0.2, 0) is 0 Å². The monoisotopic (exact) mass is 68.0 g/mol. The average molecular weight is 68.1 g/mol. The molecule has 0 aliphatic heterocycles. The van der Waals surface area contributed by atoms with Crippen molar-refractivity contribution >= 4 is 0 Å². The van der Waals surface area contributed by atoms with Crippen LogP contribution in [-0.4, -0.2) is 0 Å². The van der Waals surface area contributed by atoms with Crippen molar-refractivity contribution < 1.29 is 0 Å². The van der Waals surface area contributed by atoms with Crippen LogP contribution < -0.4 is 0 Å². The molecule has 5 heavy (non-hydrogen) atoms. The standard InChI is InChI=1S/C4H6N/c1-2-3-4-5/h1-3H2/q+1. The Morgan fingerprint density at radius 1 is 1.80 bits per heavy atom. The number of hydrogen-bond donors (Lipinski definition) is 0. The third-order valence-electron chi connectivity index (χ3n) is 0.289. The van der Waals surface area contributed by atoms with E-state index in [0.717, 1.165) is 6.42 Å². The summed E-state index contributed by atoms with van der Waals surface area (Å²) in [5.74, 6) is 0. The van der Waals surface area contributed by atoms with Crippen molar-refractivity contribution in [1.29, 1.82) is 5.26 Å². The minimum Gasteiger partial charge on any atom is -0.198 e. The molecule has 0 fully saturated rings. The number of rotatable bonds is 1. The topological polar surface area (TPSA) is 23.8 Å². The van der Waals surface area contributed by atoms with Crippen molar-refractivity contribution in [1.82, 2.24) is 0 Å². The molecule has 26 valence electrons. The van der Waals surface area contributed by atoms with Gasteiger partial charge in [-0.05, 0) is 0 Å². The Labute approximate surface area is 32.2 Å². The number of nitriles is 1. The second-order valence-corrected chi connectivity index (χ2v) is 0.762. The molecule has 0 bridgehead atoms. The Hall–Kier alpha value is -0.640. The maximum atomic E-state index is 7.78. The van der Waals surface area contributed by atoms with Gasteiger partial charge in [0.2, 0.25) is 0 Å². The van der Waals surface area contributed by atoms with Crippen molar-refractivity contribution in [2.45, 2.75) is 12.8 Å². The van der Waals surface area contributed by atoms with Gasteiger partial charge >= 0.3 is 0 Å². The Morgan fingerprint density at radius 3 is 2.40 bits per heavy atom. The molecule has 0 unspecified atom stereocenters. The molecule has 0 spiro atoms. The van der Waals surface area contributed by atoms with Crippen LogP contribution in [0.4, 0.5) is 0 Å². The van der Waals surface area contributed by atoms with Crippen molar-refractivity contribution in [3.8, 4) is 6.07 Å². The summed E-state index contributed by atoms with van der Waals surface area (Å²) >= 11 is 0. The largest absolute Gasteiger partial charge is 0.198 e. The van der Waals surface area contributed by atoms with E-state index in [1.807, 2.05) is 6.07 Å². The Kier molecular flexibility index (Phi) is 2.93. The highest BCUT2D eigenvalue weighted by Gasteiger charge is 1.73. The number of hydrogen-bond acceptors (Lipinski definition) is 1. The molecule has 0 aliphatic carbocycles. The predicted octanol–water partition coefficient (Wildman–Crippen LogP) is 1.12. The zero-order valence-electron chi connectivity index (χ0n) is 3.07. The van der Waals surface area contributed by atoms with Gasteiger partial charge in [0, 0.05) is 0 Å². The maximum Gasteiger partial charge on any atom is 0.0980 e. The average Bonchev–Trinajstić information content (AvgIpc) is 1.41. The van der Waals surface area contributed by atoms with Gasteiger partial charge in [-0.15, -0.1) is 0 Å². The lowest BCUT2D eigenvalue weighted by Gasteiger charge is -1.58. The summed E-state index contributed by atoms with van der Waals surface area (Å²) in [6.07, 6.45) is 1.32. The fourth-order valence-electron chi connectivity index (χ4n) is 0.0791. The zero-order chi connectivity index (χ0) is 4.12. The van der Waals surface area contributed by atoms with Crippen molar-refractivity contribution in [3.05, 3.63) is 6.92 Å². The molecule has 1 nitrogen and oxygen atoms in total.